The number of nitrogens with one attached hydrogen (secondary N) is 1. The fourth-order valence-corrected chi connectivity index (χ4v) is 2.64. The third-order valence-corrected chi connectivity index (χ3v) is 3.93. The minimum Gasteiger partial charge on any atom is -0.381 e. The molecular weight excluding hydrogens is 289 g/mol. The van der Waals surface area contributed by atoms with E-state index >= 15 is 0 Å². The third-order valence-electron chi connectivity index (χ3n) is 2.37. The minimum atomic E-state index is -0.170. The first kappa shape index (κ1) is 11.6. The van der Waals surface area contributed by atoms with Gasteiger partial charge in [0.15, 0.2) is 0 Å². The summed E-state index contributed by atoms with van der Waals surface area (Å²) in [6.07, 6.45) is 0. The first-order chi connectivity index (χ1) is 7.66. The van der Waals surface area contributed by atoms with Gasteiger partial charge in [-0.05, 0) is 52.0 Å². The van der Waals surface area contributed by atoms with Crippen LogP contribution < -0.4 is 5.32 Å². The van der Waals surface area contributed by atoms with E-state index in [0.29, 0.717) is 12.1 Å². The van der Waals surface area contributed by atoms with Crippen molar-refractivity contribution in [2.24, 2.45) is 0 Å². The highest BCUT2D eigenvalue weighted by Crippen LogP contribution is 2.23. The van der Waals surface area contributed by atoms with Gasteiger partial charge in [0.25, 0.3) is 0 Å². The highest BCUT2D eigenvalue weighted by atomic mass is 79.9. The molecule has 0 bridgehead atoms. The number of rotatable bonds is 3. The SMILES string of the molecule is Cc1c(F)cccc1NCc1csc(Br)c1. The molecule has 2 rings (SSSR count). The molecule has 4 heteroatoms. The van der Waals surface area contributed by atoms with Crippen LogP contribution in [0.1, 0.15) is 11.1 Å². The summed E-state index contributed by atoms with van der Waals surface area (Å²) in [5.41, 5.74) is 2.71. The summed E-state index contributed by atoms with van der Waals surface area (Å²) >= 11 is 5.06. The lowest BCUT2D eigenvalue weighted by molar-refractivity contribution is 0.619. The summed E-state index contributed by atoms with van der Waals surface area (Å²) in [6.45, 7) is 2.49. The fourth-order valence-electron chi connectivity index (χ4n) is 1.43. The van der Waals surface area contributed by atoms with Crippen molar-refractivity contribution < 1.29 is 4.39 Å². The number of benzene rings is 1. The monoisotopic (exact) mass is 299 g/mol. The number of hydrogen-bond acceptors (Lipinski definition) is 2. The molecule has 0 amide bonds. The Kier molecular flexibility index (Phi) is 3.61. The Morgan fingerprint density at radius 2 is 2.25 bits per heavy atom. The second-order valence-electron chi connectivity index (χ2n) is 3.53. The lowest BCUT2D eigenvalue weighted by atomic mass is 10.2. The number of anilines is 1. The maximum Gasteiger partial charge on any atom is 0.128 e. The first-order valence-electron chi connectivity index (χ1n) is 4.88. The van der Waals surface area contributed by atoms with Crippen LogP contribution in [-0.2, 0) is 6.54 Å². The average Bonchev–Trinajstić information content (AvgIpc) is 2.67. The zero-order chi connectivity index (χ0) is 11.5. The molecule has 0 spiro atoms. The molecule has 0 aliphatic rings. The Bertz CT molecular complexity index is 496. The minimum absolute atomic E-state index is 0.170. The normalized spacial score (nSPS) is 10.4. The molecule has 0 radical (unpaired) electrons. The molecular formula is C12H11BrFNS. The summed E-state index contributed by atoms with van der Waals surface area (Å²) < 4.78 is 14.4. The molecule has 0 fully saturated rings. The van der Waals surface area contributed by atoms with Gasteiger partial charge in [-0.15, -0.1) is 11.3 Å². The topological polar surface area (TPSA) is 12.0 Å². The van der Waals surface area contributed by atoms with Crippen molar-refractivity contribution in [3.63, 3.8) is 0 Å². The molecule has 0 atom stereocenters. The summed E-state index contributed by atoms with van der Waals surface area (Å²) in [6, 6.07) is 7.14. The summed E-state index contributed by atoms with van der Waals surface area (Å²) in [5, 5.41) is 5.30. The molecule has 1 heterocycles. The fraction of sp³-hybridized carbons (Fsp3) is 0.167. The number of thiophene rings is 1. The molecule has 0 saturated heterocycles. The summed E-state index contributed by atoms with van der Waals surface area (Å²) in [4.78, 5) is 0. The van der Waals surface area contributed by atoms with E-state index in [9.17, 15) is 4.39 Å². The standard InChI is InChI=1S/C12H11BrFNS/c1-8-10(14)3-2-4-11(8)15-6-9-5-12(13)16-7-9/h2-5,7,15H,6H2,1H3. The van der Waals surface area contributed by atoms with Crippen molar-refractivity contribution in [1.82, 2.24) is 0 Å². The van der Waals surface area contributed by atoms with Crippen molar-refractivity contribution >= 4 is 33.0 Å². The number of halogens is 2. The van der Waals surface area contributed by atoms with Crippen LogP contribution in [0.25, 0.3) is 0 Å². The van der Waals surface area contributed by atoms with E-state index in [-0.39, 0.29) is 5.82 Å². The van der Waals surface area contributed by atoms with Crippen molar-refractivity contribution in [3.05, 3.63) is 50.4 Å². The van der Waals surface area contributed by atoms with Crippen LogP contribution in [0, 0.1) is 12.7 Å². The van der Waals surface area contributed by atoms with Crippen LogP contribution in [0.4, 0.5) is 10.1 Å². The molecule has 1 aromatic carbocycles. The molecule has 0 aliphatic carbocycles. The van der Waals surface area contributed by atoms with Crippen molar-refractivity contribution in [2.45, 2.75) is 13.5 Å². The zero-order valence-electron chi connectivity index (χ0n) is 8.76. The molecule has 16 heavy (non-hydrogen) atoms. The van der Waals surface area contributed by atoms with Gasteiger partial charge in [0, 0.05) is 17.8 Å². The lowest BCUT2D eigenvalue weighted by Crippen LogP contribution is -2.00. The van der Waals surface area contributed by atoms with Gasteiger partial charge in [-0.2, -0.15) is 0 Å². The van der Waals surface area contributed by atoms with E-state index in [4.69, 9.17) is 0 Å². The van der Waals surface area contributed by atoms with Gasteiger partial charge in [-0.25, -0.2) is 4.39 Å². The Balaban J connectivity index is 2.07. The van der Waals surface area contributed by atoms with Crippen LogP contribution >= 0.6 is 27.3 Å². The highest BCUT2D eigenvalue weighted by molar-refractivity contribution is 9.11. The van der Waals surface area contributed by atoms with E-state index in [1.54, 1.807) is 24.3 Å². The van der Waals surface area contributed by atoms with Gasteiger partial charge in [0.05, 0.1) is 3.79 Å². The van der Waals surface area contributed by atoms with Gasteiger partial charge in [0.2, 0.25) is 0 Å². The second-order valence-corrected chi connectivity index (χ2v) is 5.82. The second kappa shape index (κ2) is 4.97. The number of hydrogen-bond donors (Lipinski definition) is 1. The summed E-state index contributed by atoms with van der Waals surface area (Å²) in [5.74, 6) is -0.170. The van der Waals surface area contributed by atoms with Gasteiger partial charge >= 0.3 is 0 Å². The average molecular weight is 300 g/mol. The van der Waals surface area contributed by atoms with E-state index in [1.807, 2.05) is 6.07 Å². The molecule has 1 aromatic heterocycles. The maximum absolute atomic E-state index is 13.3. The van der Waals surface area contributed by atoms with Crippen LogP contribution in [-0.4, -0.2) is 0 Å². The lowest BCUT2D eigenvalue weighted by Gasteiger charge is -2.08. The Hall–Kier alpha value is -0.870. The molecule has 0 unspecified atom stereocenters. The Morgan fingerprint density at radius 1 is 1.44 bits per heavy atom. The first-order valence-corrected chi connectivity index (χ1v) is 6.56. The Labute approximate surface area is 106 Å². The van der Waals surface area contributed by atoms with E-state index in [1.165, 1.54) is 11.6 Å². The van der Waals surface area contributed by atoms with Gasteiger partial charge in [0.1, 0.15) is 5.82 Å². The van der Waals surface area contributed by atoms with Crippen molar-refractivity contribution in [1.29, 1.82) is 0 Å². The van der Waals surface area contributed by atoms with Crippen molar-refractivity contribution in [2.75, 3.05) is 5.32 Å². The molecule has 1 N–H and O–H groups in total. The highest BCUT2D eigenvalue weighted by Gasteiger charge is 2.03. The van der Waals surface area contributed by atoms with E-state index in [0.717, 1.165) is 9.47 Å². The molecule has 0 aliphatic heterocycles. The zero-order valence-corrected chi connectivity index (χ0v) is 11.2. The van der Waals surface area contributed by atoms with E-state index in [2.05, 4.69) is 32.7 Å². The molecule has 84 valence electrons. The van der Waals surface area contributed by atoms with Gasteiger partial charge in [-0.1, -0.05) is 6.07 Å². The molecule has 0 saturated carbocycles. The van der Waals surface area contributed by atoms with Crippen LogP contribution in [0.3, 0.4) is 0 Å². The quantitative estimate of drug-likeness (QED) is 0.875. The smallest absolute Gasteiger partial charge is 0.128 e. The van der Waals surface area contributed by atoms with E-state index < -0.39 is 0 Å². The largest absolute Gasteiger partial charge is 0.381 e. The Morgan fingerprint density at radius 3 is 2.94 bits per heavy atom. The van der Waals surface area contributed by atoms with Crippen LogP contribution in [0.2, 0.25) is 0 Å². The molecule has 2 aromatic rings. The molecule has 1 nitrogen and oxygen atoms in total. The van der Waals surface area contributed by atoms with Crippen LogP contribution in [0.5, 0.6) is 0 Å². The predicted octanol–water partition coefficient (Wildman–Crippen LogP) is 4.57. The maximum atomic E-state index is 13.3. The summed E-state index contributed by atoms with van der Waals surface area (Å²) in [7, 11) is 0. The third kappa shape index (κ3) is 2.62. The van der Waals surface area contributed by atoms with Gasteiger partial charge in [-0.3, -0.25) is 0 Å². The van der Waals surface area contributed by atoms with Crippen molar-refractivity contribution in [3.8, 4) is 0 Å². The predicted molar refractivity (Wildman–Crippen MR) is 70.5 cm³/mol. The van der Waals surface area contributed by atoms with Crippen LogP contribution in [0.15, 0.2) is 33.4 Å². The van der Waals surface area contributed by atoms with Gasteiger partial charge < -0.3 is 5.32 Å².